The van der Waals surface area contributed by atoms with Crippen LogP contribution in [0.4, 0.5) is 4.79 Å². The van der Waals surface area contributed by atoms with Crippen LogP contribution in [0.3, 0.4) is 0 Å². The Kier molecular flexibility index (Phi) is 17.2. The zero-order chi connectivity index (χ0) is 46.5. The number of pyridine rings is 1. The summed E-state index contributed by atoms with van der Waals surface area (Å²) in [5.74, 6) is -1.07. The summed E-state index contributed by atoms with van der Waals surface area (Å²) in [7, 11) is 8.97. The second kappa shape index (κ2) is 22.7. The number of benzene rings is 2. The highest BCUT2D eigenvalue weighted by Crippen LogP contribution is 2.38. The molecule has 1 fully saturated rings. The number of carbonyl (C=O) groups excluding carboxylic acids is 6. The van der Waals surface area contributed by atoms with Crippen molar-refractivity contribution in [2.75, 3.05) is 48.0 Å². The first-order chi connectivity index (χ1) is 30.7. The van der Waals surface area contributed by atoms with E-state index < -0.39 is 29.7 Å². The molecule has 1 saturated heterocycles. The molecule has 1 aromatic heterocycles. The predicted molar refractivity (Wildman–Crippen MR) is 234 cm³/mol. The number of carbonyl (C=O) groups is 7. The third-order valence-corrected chi connectivity index (χ3v) is 11.5. The van der Waals surface area contributed by atoms with Crippen LogP contribution >= 0.6 is 0 Å². The van der Waals surface area contributed by atoms with E-state index in [0.29, 0.717) is 56.0 Å². The van der Waals surface area contributed by atoms with E-state index in [-0.39, 0.29) is 66.7 Å². The molecule has 6 amide bonds. The van der Waals surface area contributed by atoms with Crippen LogP contribution in [-0.4, -0.2) is 120 Å². The van der Waals surface area contributed by atoms with Gasteiger partial charge in [-0.1, -0.05) is 38.2 Å². The van der Waals surface area contributed by atoms with Crippen LogP contribution < -0.4 is 30.4 Å². The zero-order valence-corrected chi connectivity index (χ0v) is 37.2. The topological polar surface area (TPSA) is 223 Å². The number of fused-ring (bicyclic) bond motifs is 2. The van der Waals surface area contributed by atoms with Crippen LogP contribution in [0.25, 0.3) is 11.1 Å². The molecule has 1 unspecified atom stereocenters. The number of ether oxygens (including phenoxy) is 3. The zero-order valence-electron chi connectivity index (χ0n) is 37.2. The molecule has 2 aromatic carbocycles. The van der Waals surface area contributed by atoms with E-state index in [1.165, 1.54) is 12.1 Å². The lowest BCUT2D eigenvalue weighted by atomic mass is 9.91. The van der Waals surface area contributed by atoms with Gasteiger partial charge in [-0.25, -0.2) is 4.79 Å². The number of hydrogen-bond acceptors (Lipinski definition) is 12. The van der Waals surface area contributed by atoms with Gasteiger partial charge in [-0.2, -0.15) is 0 Å². The Bertz CT molecular complexity index is 2280. The first-order valence-electron chi connectivity index (χ1n) is 21.5. The van der Waals surface area contributed by atoms with E-state index in [0.717, 1.165) is 65.7 Å². The number of hydrogen-bond donors (Lipinski definition) is 3. The van der Waals surface area contributed by atoms with Gasteiger partial charge in [0.2, 0.25) is 11.8 Å². The Morgan fingerprint density at radius 2 is 1.55 bits per heavy atom. The van der Waals surface area contributed by atoms with Crippen molar-refractivity contribution in [3.63, 3.8) is 0 Å². The molecular weight excluding hydrogens is 829 g/mol. The number of ketones is 1. The minimum Gasteiger partial charge on any atom is -0.496 e. The number of unbranched alkanes of at least 4 members (excludes halogenated alkanes) is 6. The predicted octanol–water partition coefficient (Wildman–Crippen LogP) is 4.07. The fourth-order valence-electron chi connectivity index (χ4n) is 8.31. The number of Topliss-reactive ketones (excluding diaryl/α,β-unsaturated/α-hetero) is 1. The van der Waals surface area contributed by atoms with Crippen LogP contribution in [0.15, 0.2) is 41.3 Å². The number of amides is 6. The van der Waals surface area contributed by atoms with Gasteiger partial charge in [0.1, 0.15) is 29.9 Å². The number of urea groups is 1. The summed E-state index contributed by atoms with van der Waals surface area (Å²) in [6.07, 6.45) is 9.08. The molecule has 3 N–H and O–H groups in total. The SMILES string of the molecule is COc1cc(-c2cn(C)c(=O)c3c2CCN(C(=O)NCCCCCCCCCC(=O)COc2cccc4c2C(=O)N(C2CCC(=O)NC2=O)C4=O)C3)cc(OC)c1CN(C)C.O=CO. The Hall–Kier alpha value is -6.56. The molecular formula is C46H58N6O12. The van der Waals surface area contributed by atoms with Crippen molar-refractivity contribution in [1.82, 2.24) is 29.9 Å². The second-order valence-corrected chi connectivity index (χ2v) is 16.2. The molecule has 1 atom stereocenters. The smallest absolute Gasteiger partial charge is 0.317 e. The molecule has 3 aliphatic rings. The third-order valence-electron chi connectivity index (χ3n) is 11.5. The van der Waals surface area contributed by atoms with Gasteiger partial charge in [-0.3, -0.25) is 43.8 Å². The summed E-state index contributed by atoms with van der Waals surface area (Å²) < 4.78 is 18.8. The van der Waals surface area contributed by atoms with Crippen LogP contribution in [-0.2, 0) is 45.7 Å². The van der Waals surface area contributed by atoms with E-state index >= 15 is 0 Å². The van der Waals surface area contributed by atoms with E-state index in [9.17, 15) is 33.6 Å². The quantitative estimate of drug-likeness (QED) is 0.0879. The van der Waals surface area contributed by atoms with E-state index in [1.54, 1.807) is 36.8 Å². The van der Waals surface area contributed by atoms with Gasteiger partial charge in [0.15, 0.2) is 5.78 Å². The summed E-state index contributed by atoms with van der Waals surface area (Å²) in [6, 6.07) is 7.25. The normalized spacial score (nSPS) is 15.5. The molecule has 0 radical (unpaired) electrons. The molecule has 4 heterocycles. The van der Waals surface area contributed by atoms with Crippen molar-refractivity contribution in [3.05, 3.63) is 74.7 Å². The molecule has 3 aromatic rings. The number of nitrogens with zero attached hydrogens (tertiary/aromatic N) is 4. The van der Waals surface area contributed by atoms with Gasteiger partial charge in [0.25, 0.3) is 23.8 Å². The van der Waals surface area contributed by atoms with Crippen LogP contribution in [0, 0.1) is 0 Å². The second-order valence-electron chi connectivity index (χ2n) is 16.2. The average molecular weight is 887 g/mol. The van der Waals surface area contributed by atoms with Crippen molar-refractivity contribution in [2.45, 2.75) is 89.8 Å². The van der Waals surface area contributed by atoms with Crippen LogP contribution in [0.2, 0.25) is 0 Å². The molecule has 0 saturated carbocycles. The average Bonchev–Trinajstić information content (AvgIpc) is 3.53. The molecule has 0 bridgehead atoms. The van der Waals surface area contributed by atoms with E-state index in [4.69, 9.17) is 24.1 Å². The Morgan fingerprint density at radius 1 is 0.891 bits per heavy atom. The molecule has 0 spiro atoms. The molecule has 64 heavy (non-hydrogen) atoms. The van der Waals surface area contributed by atoms with Crippen molar-refractivity contribution in [1.29, 1.82) is 0 Å². The number of rotatable bonds is 19. The number of aromatic nitrogens is 1. The maximum absolute atomic E-state index is 13.3. The number of aryl methyl sites for hydroxylation is 1. The summed E-state index contributed by atoms with van der Waals surface area (Å²) >= 11 is 0. The lowest BCUT2D eigenvalue weighted by Gasteiger charge is -2.30. The van der Waals surface area contributed by atoms with Gasteiger partial charge >= 0.3 is 6.03 Å². The van der Waals surface area contributed by atoms with Crippen molar-refractivity contribution in [3.8, 4) is 28.4 Å². The Balaban J connectivity index is 0.00000250. The van der Waals surface area contributed by atoms with Crippen molar-refractivity contribution in [2.24, 2.45) is 7.05 Å². The van der Waals surface area contributed by atoms with Crippen LogP contribution in [0.1, 0.15) is 102 Å². The molecule has 344 valence electrons. The first-order valence-corrected chi connectivity index (χ1v) is 21.5. The fraction of sp³-hybridized carbons (Fsp3) is 0.478. The lowest BCUT2D eigenvalue weighted by molar-refractivity contribution is -0.136. The minimum absolute atomic E-state index is 0.0184. The highest BCUT2D eigenvalue weighted by atomic mass is 16.5. The summed E-state index contributed by atoms with van der Waals surface area (Å²) in [5.41, 5.74) is 4.28. The fourth-order valence-corrected chi connectivity index (χ4v) is 8.31. The molecule has 18 nitrogen and oxygen atoms in total. The standard InChI is InChI=1S/C45H56N6O10.CH2O2/c1-48(2)24-34-37(59-4)22-28(23-38(34)60-5)32-25-49(3)42(55)33-26-50(21-19-30(32)33)45(58)46-20-12-10-8-6-7-9-11-14-29(52)27-61-36-16-13-15-31-40(36)44(57)51(43(31)56)35-17-18-39(53)47-41(35)54;2-1-3/h13,15-16,22-23,25,35H,6-12,14,17-21,24,26-27H2,1-5H3,(H,46,58)(H,47,53,54);1H,(H,2,3). The first kappa shape index (κ1) is 48.5. The summed E-state index contributed by atoms with van der Waals surface area (Å²) in [6.45, 7) is 1.39. The Morgan fingerprint density at radius 3 is 2.19 bits per heavy atom. The largest absolute Gasteiger partial charge is 0.496 e. The number of piperidine rings is 1. The number of imide groups is 2. The molecule has 18 heteroatoms. The van der Waals surface area contributed by atoms with Gasteiger partial charge < -0.3 is 39.0 Å². The van der Waals surface area contributed by atoms with Crippen LogP contribution in [0.5, 0.6) is 17.2 Å². The molecule has 3 aliphatic heterocycles. The van der Waals surface area contributed by atoms with Crippen molar-refractivity contribution >= 4 is 41.9 Å². The monoisotopic (exact) mass is 886 g/mol. The van der Waals surface area contributed by atoms with Crippen molar-refractivity contribution < 1.29 is 52.9 Å². The van der Waals surface area contributed by atoms with E-state index in [1.807, 2.05) is 37.3 Å². The maximum atomic E-state index is 13.3. The summed E-state index contributed by atoms with van der Waals surface area (Å²) in [4.78, 5) is 102. The minimum atomic E-state index is -1.08. The highest BCUT2D eigenvalue weighted by Gasteiger charge is 2.46. The Labute approximate surface area is 371 Å². The maximum Gasteiger partial charge on any atom is 0.317 e. The van der Waals surface area contributed by atoms with Gasteiger partial charge in [0, 0.05) is 56.8 Å². The van der Waals surface area contributed by atoms with Gasteiger partial charge in [-0.05, 0) is 75.2 Å². The number of carboxylic acid groups (broad SMARTS) is 1. The highest BCUT2D eigenvalue weighted by molar-refractivity contribution is 6.24. The van der Waals surface area contributed by atoms with E-state index in [2.05, 4.69) is 10.6 Å². The van der Waals surface area contributed by atoms with Gasteiger partial charge in [-0.15, -0.1) is 0 Å². The molecule has 6 rings (SSSR count). The number of methoxy groups -OCH3 is 2. The molecule has 0 aliphatic carbocycles. The van der Waals surface area contributed by atoms with Gasteiger partial charge in [0.05, 0.1) is 37.5 Å². The lowest BCUT2D eigenvalue weighted by Crippen LogP contribution is -2.54. The number of nitrogens with one attached hydrogen (secondary N) is 2. The summed E-state index contributed by atoms with van der Waals surface area (Å²) in [5, 5.41) is 12.1. The third kappa shape index (κ3) is 11.5.